The van der Waals surface area contributed by atoms with E-state index in [1.807, 2.05) is 0 Å². The zero-order valence-electron chi connectivity index (χ0n) is 16.4. The average molecular weight is 419 g/mol. The number of amides is 1. The largest absolute Gasteiger partial charge is 0.442 e. The maximum absolute atomic E-state index is 14.9. The summed E-state index contributed by atoms with van der Waals surface area (Å²) in [5.41, 5.74) is 0.134. The fourth-order valence-corrected chi connectivity index (χ4v) is 4.50. The quantitative estimate of drug-likeness (QED) is 0.741. The SMILES string of the molecule is O=C1O[C@@H](Cn2ccnn2)CN1c1cc(F)c(N2CCC(C3COC3)CC2)c(F)c1. The second-order valence-corrected chi connectivity index (χ2v) is 8.12. The molecule has 0 N–H and O–H groups in total. The van der Waals surface area contributed by atoms with E-state index in [1.54, 1.807) is 15.8 Å². The number of cyclic esters (lactones) is 1. The van der Waals surface area contributed by atoms with Gasteiger partial charge in [-0.15, -0.1) is 5.10 Å². The predicted molar refractivity (Wildman–Crippen MR) is 103 cm³/mol. The lowest BCUT2D eigenvalue weighted by Gasteiger charge is -2.40. The molecule has 4 heterocycles. The summed E-state index contributed by atoms with van der Waals surface area (Å²) in [7, 11) is 0. The summed E-state index contributed by atoms with van der Waals surface area (Å²) in [4.78, 5) is 15.3. The van der Waals surface area contributed by atoms with Crippen molar-refractivity contribution in [2.75, 3.05) is 42.6 Å². The second-order valence-electron chi connectivity index (χ2n) is 8.12. The number of aromatic nitrogens is 3. The van der Waals surface area contributed by atoms with Crippen LogP contribution in [0.25, 0.3) is 0 Å². The number of nitrogens with zero attached hydrogens (tertiary/aromatic N) is 5. The number of piperidine rings is 1. The number of rotatable bonds is 5. The van der Waals surface area contributed by atoms with Crippen molar-refractivity contribution in [2.45, 2.75) is 25.5 Å². The lowest BCUT2D eigenvalue weighted by molar-refractivity contribution is -0.0651. The van der Waals surface area contributed by atoms with Crippen LogP contribution in [0, 0.1) is 23.5 Å². The Morgan fingerprint density at radius 1 is 1.10 bits per heavy atom. The van der Waals surface area contributed by atoms with E-state index in [1.165, 1.54) is 23.2 Å². The average Bonchev–Trinajstić information content (AvgIpc) is 3.31. The number of hydrogen-bond donors (Lipinski definition) is 0. The maximum Gasteiger partial charge on any atom is 0.414 e. The third kappa shape index (κ3) is 3.60. The van der Waals surface area contributed by atoms with Gasteiger partial charge in [-0.05, 0) is 18.8 Å². The summed E-state index contributed by atoms with van der Waals surface area (Å²) < 4.78 is 41.9. The van der Waals surface area contributed by atoms with E-state index in [4.69, 9.17) is 9.47 Å². The molecule has 1 aromatic carbocycles. The Morgan fingerprint density at radius 3 is 2.43 bits per heavy atom. The van der Waals surface area contributed by atoms with Crippen LogP contribution in [-0.4, -0.2) is 60.0 Å². The summed E-state index contributed by atoms with van der Waals surface area (Å²) in [6.45, 7) is 3.33. The molecular formula is C20H23F2N5O3. The van der Waals surface area contributed by atoms with Crippen LogP contribution >= 0.6 is 0 Å². The fourth-order valence-electron chi connectivity index (χ4n) is 4.50. The summed E-state index contributed by atoms with van der Waals surface area (Å²) in [6, 6.07) is 2.42. The Labute approximate surface area is 172 Å². The van der Waals surface area contributed by atoms with Crippen molar-refractivity contribution in [1.29, 1.82) is 0 Å². The van der Waals surface area contributed by atoms with Gasteiger partial charge in [0, 0.05) is 37.3 Å². The fraction of sp³-hybridized carbons (Fsp3) is 0.550. The van der Waals surface area contributed by atoms with Crippen molar-refractivity contribution in [2.24, 2.45) is 11.8 Å². The number of hydrogen-bond acceptors (Lipinski definition) is 6. The molecule has 1 aromatic heterocycles. The molecule has 5 rings (SSSR count). The maximum atomic E-state index is 14.9. The van der Waals surface area contributed by atoms with Gasteiger partial charge in [-0.2, -0.15) is 0 Å². The highest BCUT2D eigenvalue weighted by Gasteiger charge is 2.35. The molecule has 3 saturated heterocycles. The molecule has 3 fully saturated rings. The number of carbonyl (C=O) groups excluding carboxylic acids is 1. The minimum absolute atomic E-state index is 0.0196. The smallest absolute Gasteiger partial charge is 0.414 e. The summed E-state index contributed by atoms with van der Waals surface area (Å²) in [6.07, 6.45) is 3.88. The molecule has 0 bridgehead atoms. The third-order valence-corrected chi connectivity index (χ3v) is 6.24. The van der Waals surface area contributed by atoms with E-state index in [2.05, 4.69) is 10.3 Å². The molecule has 30 heavy (non-hydrogen) atoms. The molecule has 3 aliphatic rings. The molecule has 0 aliphatic carbocycles. The number of anilines is 2. The van der Waals surface area contributed by atoms with E-state index in [9.17, 15) is 13.6 Å². The summed E-state index contributed by atoms with van der Waals surface area (Å²) in [5, 5.41) is 7.55. The van der Waals surface area contributed by atoms with Crippen LogP contribution in [0.5, 0.6) is 0 Å². The lowest BCUT2D eigenvalue weighted by atomic mass is 9.83. The molecule has 1 atom stereocenters. The van der Waals surface area contributed by atoms with Crippen LogP contribution in [0.1, 0.15) is 12.8 Å². The van der Waals surface area contributed by atoms with E-state index in [0.717, 1.165) is 26.1 Å². The van der Waals surface area contributed by atoms with E-state index >= 15 is 0 Å². The number of halogens is 2. The van der Waals surface area contributed by atoms with Crippen molar-refractivity contribution < 1.29 is 23.0 Å². The normalized spacial score (nSPS) is 23.0. The van der Waals surface area contributed by atoms with Crippen LogP contribution in [-0.2, 0) is 16.0 Å². The lowest BCUT2D eigenvalue weighted by Crippen LogP contribution is -2.42. The zero-order valence-corrected chi connectivity index (χ0v) is 16.4. The van der Waals surface area contributed by atoms with Gasteiger partial charge in [0.25, 0.3) is 0 Å². The standard InChI is InChI=1S/C20H23F2N5O3/c21-17-7-15(27-10-16(30-20(27)28)9-26-6-3-23-24-26)8-18(22)19(17)25-4-1-13(2-5-25)14-11-29-12-14/h3,6-8,13-14,16H,1-2,4-5,9-12H2/t16-/m0/s1. The van der Waals surface area contributed by atoms with Gasteiger partial charge in [0.1, 0.15) is 11.8 Å². The molecule has 2 aromatic rings. The summed E-state index contributed by atoms with van der Waals surface area (Å²) in [5.74, 6) is -0.191. The highest BCUT2D eigenvalue weighted by molar-refractivity contribution is 5.90. The van der Waals surface area contributed by atoms with E-state index in [0.29, 0.717) is 31.5 Å². The van der Waals surface area contributed by atoms with Crippen molar-refractivity contribution in [3.05, 3.63) is 36.2 Å². The minimum atomic E-state index is -0.664. The first-order valence-electron chi connectivity index (χ1n) is 10.2. The molecule has 0 saturated carbocycles. The predicted octanol–water partition coefficient (Wildman–Crippen LogP) is 2.44. The first-order valence-corrected chi connectivity index (χ1v) is 10.2. The molecule has 1 amide bonds. The Bertz CT molecular complexity index is 890. The Morgan fingerprint density at radius 2 is 1.83 bits per heavy atom. The number of ether oxygens (including phenoxy) is 2. The highest BCUT2D eigenvalue weighted by atomic mass is 19.1. The molecule has 3 aliphatic heterocycles. The van der Waals surface area contributed by atoms with E-state index < -0.39 is 23.8 Å². The van der Waals surface area contributed by atoms with Crippen LogP contribution in [0.15, 0.2) is 24.5 Å². The molecule has 160 valence electrons. The molecule has 8 nitrogen and oxygen atoms in total. The van der Waals surface area contributed by atoms with Gasteiger partial charge in [0.2, 0.25) is 0 Å². The monoisotopic (exact) mass is 419 g/mol. The van der Waals surface area contributed by atoms with E-state index in [-0.39, 0.29) is 17.9 Å². The number of carbonyl (C=O) groups is 1. The Kier molecular flexibility index (Phi) is 5.01. The van der Waals surface area contributed by atoms with Gasteiger partial charge in [-0.3, -0.25) is 4.90 Å². The second kappa shape index (κ2) is 7.82. The highest BCUT2D eigenvalue weighted by Crippen LogP contribution is 2.36. The van der Waals surface area contributed by atoms with Gasteiger partial charge >= 0.3 is 6.09 Å². The van der Waals surface area contributed by atoms with Gasteiger partial charge in [0.05, 0.1) is 38.2 Å². The van der Waals surface area contributed by atoms with Crippen molar-refractivity contribution >= 4 is 17.5 Å². The van der Waals surface area contributed by atoms with Crippen molar-refractivity contribution in [3.8, 4) is 0 Å². The molecule has 0 radical (unpaired) electrons. The molecule has 0 spiro atoms. The van der Waals surface area contributed by atoms with Crippen LogP contribution in [0.3, 0.4) is 0 Å². The zero-order chi connectivity index (χ0) is 20.7. The van der Waals surface area contributed by atoms with Crippen molar-refractivity contribution in [3.63, 3.8) is 0 Å². The molecule has 0 unspecified atom stereocenters. The Hall–Kier alpha value is -2.75. The van der Waals surface area contributed by atoms with Crippen molar-refractivity contribution in [1.82, 2.24) is 15.0 Å². The van der Waals surface area contributed by atoms with Crippen LogP contribution in [0.2, 0.25) is 0 Å². The van der Waals surface area contributed by atoms with Gasteiger partial charge in [0.15, 0.2) is 11.6 Å². The van der Waals surface area contributed by atoms with Gasteiger partial charge in [-0.25, -0.2) is 18.3 Å². The summed E-state index contributed by atoms with van der Waals surface area (Å²) >= 11 is 0. The first kappa shape index (κ1) is 19.2. The van der Waals surface area contributed by atoms with Gasteiger partial charge in [-0.1, -0.05) is 5.21 Å². The van der Waals surface area contributed by atoms with Gasteiger partial charge < -0.3 is 14.4 Å². The first-order chi connectivity index (χ1) is 14.6. The van der Waals surface area contributed by atoms with Crippen LogP contribution in [0.4, 0.5) is 25.0 Å². The Balaban J connectivity index is 1.28. The minimum Gasteiger partial charge on any atom is -0.442 e. The molecular weight excluding hydrogens is 396 g/mol. The third-order valence-electron chi connectivity index (χ3n) is 6.24. The topological polar surface area (TPSA) is 72.7 Å². The van der Waals surface area contributed by atoms with Crippen LogP contribution < -0.4 is 9.80 Å². The molecule has 10 heteroatoms. The number of benzene rings is 1.